The molecule has 0 radical (unpaired) electrons. The van der Waals surface area contributed by atoms with Gasteiger partial charge < -0.3 is 10.1 Å². The zero-order valence-electron chi connectivity index (χ0n) is 11.3. The molecule has 1 saturated carbocycles. The van der Waals surface area contributed by atoms with Crippen LogP contribution in [0, 0.1) is 5.92 Å². The maximum atomic E-state index is 5.12. The smallest absolute Gasteiger partial charge is 0.0476 e. The second kappa shape index (κ2) is 8.08. The summed E-state index contributed by atoms with van der Waals surface area (Å²) < 4.78 is 5.12. The Kier molecular flexibility index (Phi) is 7.06. The second-order valence-corrected chi connectivity index (χ2v) is 5.39. The average molecular weight is 227 g/mol. The summed E-state index contributed by atoms with van der Waals surface area (Å²) in [6.07, 6.45) is 9.72. The van der Waals surface area contributed by atoms with Crippen LogP contribution in [-0.4, -0.2) is 25.8 Å². The molecule has 0 aromatic rings. The van der Waals surface area contributed by atoms with Gasteiger partial charge in [-0.25, -0.2) is 0 Å². The van der Waals surface area contributed by atoms with Crippen molar-refractivity contribution in [1.29, 1.82) is 0 Å². The highest BCUT2D eigenvalue weighted by Gasteiger charge is 2.19. The number of methoxy groups -OCH3 is 1. The highest BCUT2D eigenvalue weighted by atomic mass is 16.5. The first kappa shape index (κ1) is 14.0. The van der Waals surface area contributed by atoms with Crippen molar-refractivity contribution in [2.75, 3.05) is 13.7 Å². The van der Waals surface area contributed by atoms with E-state index in [4.69, 9.17) is 4.74 Å². The molecule has 2 atom stereocenters. The molecule has 0 bridgehead atoms. The van der Waals surface area contributed by atoms with Gasteiger partial charge in [0.1, 0.15) is 0 Å². The third-order valence-corrected chi connectivity index (χ3v) is 3.91. The Labute approximate surface area is 101 Å². The van der Waals surface area contributed by atoms with Crippen molar-refractivity contribution in [2.45, 2.75) is 70.9 Å². The molecule has 2 heteroatoms. The SMILES string of the molecule is COCCC(C)N[C@H](C)C1CCCCCC1. The van der Waals surface area contributed by atoms with E-state index in [1.807, 2.05) is 0 Å². The minimum Gasteiger partial charge on any atom is -0.385 e. The molecule has 0 heterocycles. The summed E-state index contributed by atoms with van der Waals surface area (Å²) in [7, 11) is 1.78. The van der Waals surface area contributed by atoms with Crippen molar-refractivity contribution < 1.29 is 4.74 Å². The molecule has 1 fully saturated rings. The molecule has 0 saturated heterocycles. The van der Waals surface area contributed by atoms with E-state index in [1.165, 1.54) is 38.5 Å². The highest BCUT2D eigenvalue weighted by Crippen LogP contribution is 2.25. The molecule has 1 rings (SSSR count). The van der Waals surface area contributed by atoms with E-state index in [2.05, 4.69) is 19.2 Å². The van der Waals surface area contributed by atoms with E-state index in [1.54, 1.807) is 7.11 Å². The number of hydrogen-bond donors (Lipinski definition) is 1. The van der Waals surface area contributed by atoms with Crippen LogP contribution < -0.4 is 5.32 Å². The van der Waals surface area contributed by atoms with Gasteiger partial charge in [-0.2, -0.15) is 0 Å². The van der Waals surface area contributed by atoms with Gasteiger partial charge in [-0.15, -0.1) is 0 Å². The summed E-state index contributed by atoms with van der Waals surface area (Å²) >= 11 is 0. The molecule has 0 amide bonds. The fraction of sp³-hybridized carbons (Fsp3) is 1.00. The predicted molar refractivity (Wildman–Crippen MR) is 69.7 cm³/mol. The van der Waals surface area contributed by atoms with Gasteiger partial charge in [-0.1, -0.05) is 25.7 Å². The van der Waals surface area contributed by atoms with Crippen LogP contribution in [0.2, 0.25) is 0 Å². The largest absolute Gasteiger partial charge is 0.385 e. The normalized spacial score (nSPS) is 22.7. The van der Waals surface area contributed by atoms with E-state index in [9.17, 15) is 0 Å². The molecular weight excluding hydrogens is 198 g/mol. The zero-order chi connectivity index (χ0) is 11.8. The quantitative estimate of drug-likeness (QED) is 0.703. The Bertz CT molecular complexity index is 164. The molecule has 1 aliphatic carbocycles. The van der Waals surface area contributed by atoms with Crippen molar-refractivity contribution in [3.63, 3.8) is 0 Å². The molecule has 1 N–H and O–H groups in total. The lowest BCUT2D eigenvalue weighted by Crippen LogP contribution is -2.39. The molecule has 0 spiro atoms. The van der Waals surface area contributed by atoms with Crippen LogP contribution >= 0.6 is 0 Å². The first-order valence-corrected chi connectivity index (χ1v) is 6.99. The topological polar surface area (TPSA) is 21.3 Å². The summed E-state index contributed by atoms with van der Waals surface area (Å²) in [5.74, 6) is 0.896. The van der Waals surface area contributed by atoms with Gasteiger partial charge in [-0.05, 0) is 39.0 Å². The molecule has 16 heavy (non-hydrogen) atoms. The van der Waals surface area contributed by atoms with Crippen LogP contribution in [0.25, 0.3) is 0 Å². The number of ether oxygens (including phenoxy) is 1. The first-order chi connectivity index (χ1) is 7.74. The van der Waals surface area contributed by atoms with Crippen LogP contribution in [0.1, 0.15) is 58.8 Å². The maximum absolute atomic E-state index is 5.12. The van der Waals surface area contributed by atoms with E-state index < -0.39 is 0 Å². The van der Waals surface area contributed by atoms with Gasteiger partial charge in [0.15, 0.2) is 0 Å². The van der Waals surface area contributed by atoms with Crippen molar-refractivity contribution in [3.8, 4) is 0 Å². The molecular formula is C14H29NO. The Balaban J connectivity index is 2.23. The third kappa shape index (κ3) is 5.31. The van der Waals surface area contributed by atoms with Gasteiger partial charge >= 0.3 is 0 Å². The fourth-order valence-corrected chi connectivity index (χ4v) is 2.77. The Morgan fingerprint density at radius 2 is 1.75 bits per heavy atom. The summed E-state index contributed by atoms with van der Waals surface area (Å²) in [5, 5.41) is 3.73. The number of hydrogen-bond acceptors (Lipinski definition) is 2. The molecule has 1 unspecified atom stereocenters. The van der Waals surface area contributed by atoms with Gasteiger partial charge in [0.2, 0.25) is 0 Å². The molecule has 0 aromatic heterocycles. The lowest BCUT2D eigenvalue weighted by atomic mass is 9.92. The lowest BCUT2D eigenvalue weighted by molar-refractivity contribution is 0.179. The number of nitrogens with one attached hydrogen (secondary N) is 1. The van der Waals surface area contributed by atoms with Crippen LogP contribution in [0.4, 0.5) is 0 Å². The first-order valence-electron chi connectivity index (χ1n) is 6.99. The third-order valence-electron chi connectivity index (χ3n) is 3.91. The summed E-state index contributed by atoms with van der Waals surface area (Å²) in [6, 6.07) is 1.25. The van der Waals surface area contributed by atoms with Crippen molar-refractivity contribution in [3.05, 3.63) is 0 Å². The minimum absolute atomic E-state index is 0.582. The van der Waals surface area contributed by atoms with Crippen LogP contribution in [-0.2, 0) is 4.74 Å². The Hall–Kier alpha value is -0.0800. The van der Waals surface area contributed by atoms with E-state index in [-0.39, 0.29) is 0 Å². The highest BCUT2D eigenvalue weighted by molar-refractivity contribution is 4.77. The van der Waals surface area contributed by atoms with Crippen molar-refractivity contribution in [1.82, 2.24) is 5.32 Å². The second-order valence-electron chi connectivity index (χ2n) is 5.39. The Morgan fingerprint density at radius 1 is 1.12 bits per heavy atom. The monoisotopic (exact) mass is 227 g/mol. The van der Waals surface area contributed by atoms with Gasteiger partial charge in [0.05, 0.1) is 0 Å². The van der Waals surface area contributed by atoms with E-state index in [0.717, 1.165) is 18.9 Å². The molecule has 0 aromatic carbocycles. The Morgan fingerprint density at radius 3 is 2.31 bits per heavy atom. The van der Waals surface area contributed by atoms with Crippen LogP contribution in [0.5, 0.6) is 0 Å². The molecule has 96 valence electrons. The lowest BCUT2D eigenvalue weighted by Gasteiger charge is -2.27. The van der Waals surface area contributed by atoms with Gasteiger partial charge in [0.25, 0.3) is 0 Å². The maximum Gasteiger partial charge on any atom is 0.0476 e. The predicted octanol–water partition coefficient (Wildman–Crippen LogP) is 3.36. The van der Waals surface area contributed by atoms with Gasteiger partial charge in [0, 0.05) is 25.8 Å². The van der Waals surface area contributed by atoms with Crippen molar-refractivity contribution >= 4 is 0 Å². The van der Waals surface area contributed by atoms with E-state index >= 15 is 0 Å². The van der Waals surface area contributed by atoms with E-state index in [0.29, 0.717) is 12.1 Å². The van der Waals surface area contributed by atoms with Crippen LogP contribution in [0.15, 0.2) is 0 Å². The standard InChI is InChI=1S/C14H29NO/c1-12(10-11-16-3)15-13(2)14-8-6-4-5-7-9-14/h12-15H,4-11H2,1-3H3/t12?,13-/m1/s1. The fourth-order valence-electron chi connectivity index (χ4n) is 2.77. The van der Waals surface area contributed by atoms with Gasteiger partial charge in [-0.3, -0.25) is 0 Å². The molecule has 1 aliphatic rings. The minimum atomic E-state index is 0.582. The zero-order valence-corrected chi connectivity index (χ0v) is 11.3. The summed E-state index contributed by atoms with van der Waals surface area (Å²) in [4.78, 5) is 0. The summed E-state index contributed by atoms with van der Waals surface area (Å²) in [6.45, 7) is 5.50. The number of rotatable bonds is 6. The average Bonchev–Trinajstić information content (AvgIpc) is 2.54. The molecule has 0 aliphatic heterocycles. The van der Waals surface area contributed by atoms with Crippen LogP contribution in [0.3, 0.4) is 0 Å². The van der Waals surface area contributed by atoms with Crippen molar-refractivity contribution in [2.24, 2.45) is 5.92 Å². The molecule has 2 nitrogen and oxygen atoms in total. The summed E-state index contributed by atoms with van der Waals surface area (Å²) in [5.41, 5.74) is 0.